The van der Waals surface area contributed by atoms with Crippen LogP contribution >= 0.6 is 0 Å². The van der Waals surface area contributed by atoms with Crippen molar-refractivity contribution in [2.24, 2.45) is 0 Å². The Balaban J connectivity index is 3.66. The van der Waals surface area contributed by atoms with Gasteiger partial charge in [0.2, 0.25) is 0 Å². The van der Waals surface area contributed by atoms with Gasteiger partial charge in [-0.3, -0.25) is 4.79 Å². The molecule has 0 aliphatic rings. The molecule has 120 valence electrons. The minimum Gasteiger partial charge on any atom is -0.466 e. The number of carbonyl (C=O) groups is 1. The Morgan fingerprint density at radius 1 is 1.30 bits per heavy atom. The van der Waals surface area contributed by atoms with Crippen molar-refractivity contribution in [2.45, 2.75) is 59.1 Å². The van der Waals surface area contributed by atoms with Gasteiger partial charge in [-0.05, 0) is 46.3 Å². The van der Waals surface area contributed by atoms with Gasteiger partial charge in [0.05, 0.1) is 19.1 Å². The lowest BCUT2D eigenvalue weighted by Crippen LogP contribution is -2.35. The summed E-state index contributed by atoms with van der Waals surface area (Å²) in [5.74, 6) is -0.337. The predicted molar refractivity (Wildman–Crippen MR) is 81.7 cm³/mol. The summed E-state index contributed by atoms with van der Waals surface area (Å²) in [4.78, 5) is 13.6. The number of ether oxygens (including phenoxy) is 1. The maximum absolute atomic E-state index is 11.2. The van der Waals surface area contributed by atoms with Crippen molar-refractivity contribution in [2.75, 3.05) is 32.8 Å². The maximum atomic E-state index is 11.2. The largest absolute Gasteiger partial charge is 0.466 e. The van der Waals surface area contributed by atoms with Crippen LogP contribution in [0.15, 0.2) is 0 Å². The highest BCUT2D eigenvalue weighted by molar-refractivity contribution is 5.69. The number of nitrogens with zero attached hydrogens (tertiary/aromatic N) is 1. The minimum atomic E-state index is -0.667. The van der Waals surface area contributed by atoms with E-state index in [4.69, 9.17) is 4.74 Å². The first-order valence-electron chi connectivity index (χ1n) is 7.82. The first-order chi connectivity index (χ1) is 9.53. The highest BCUT2D eigenvalue weighted by Gasteiger charge is 2.12. The molecule has 0 aromatic carbocycles. The van der Waals surface area contributed by atoms with Crippen molar-refractivity contribution in [1.82, 2.24) is 10.2 Å². The molecular formula is C15H32N2O3. The predicted octanol–water partition coefficient (Wildman–Crippen LogP) is 1.40. The lowest BCUT2D eigenvalue weighted by Gasteiger charge is -2.20. The topological polar surface area (TPSA) is 61.8 Å². The Hall–Kier alpha value is -0.650. The highest BCUT2D eigenvalue weighted by Crippen LogP contribution is 2.01. The summed E-state index contributed by atoms with van der Waals surface area (Å²) in [6.45, 7) is 12.3. The van der Waals surface area contributed by atoms with Crippen molar-refractivity contribution in [1.29, 1.82) is 0 Å². The van der Waals surface area contributed by atoms with E-state index in [0.29, 0.717) is 19.2 Å². The first kappa shape index (κ1) is 19.4. The summed E-state index contributed by atoms with van der Waals surface area (Å²) in [6.07, 6.45) is 1.61. The van der Waals surface area contributed by atoms with E-state index in [9.17, 15) is 9.90 Å². The Kier molecular flexibility index (Phi) is 11.7. The van der Waals surface area contributed by atoms with Crippen molar-refractivity contribution < 1.29 is 14.6 Å². The number of hydrogen-bond donors (Lipinski definition) is 2. The molecule has 0 amide bonds. The van der Waals surface area contributed by atoms with Gasteiger partial charge in [-0.2, -0.15) is 0 Å². The van der Waals surface area contributed by atoms with Crippen LogP contribution in [0.3, 0.4) is 0 Å². The van der Waals surface area contributed by atoms with Crippen LogP contribution in [0.25, 0.3) is 0 Å². The third-order valence-electron chi connectivity index (χ3n) is 3.42. The van der Waals surface area contributed by atoms with Crippen LogP contribution < -0.4 is 5.32 Å². The van der Waals surface area contributed by atoms with Gasteiger partial charge in [0.1, 0.15) is 0 Å². The molecule has 5 heteroatoms. The summed E-state index contributed by atoms with van der Waals surface area (Å²) in [5.41, 5.74) is 0. The monoisotopic (exact) mass is 288 g/mol. The summed E-state index contributed by atoms with van der Waals surface area (Å²) >= 11 is 0. The van der Waals surface area contributed by atoms with Crippen LogP contribution in [0, 0.1) is 0 Å². The molecule has 20 heavy (non-hydrogen) atoms. The van der Waals surface area contributed by atoms with Crippen LogP contribution in [-0.2, 0) is 9.53 Å². The van der Waals surface area contributed by atoms with Crippen molar-refractivity contribution in [3.63, 3.8) is 0 Å². The lowest BCUT2D eigenvalue weighted by molar-refractivity contribution is -0.145. The fourth-order valence-corrected chi connectivity index (χ4v) is 2.08. The molecule has 0 saturated heterocycles. The van der Waals surface area contributed by atoms with E-state index in [1.54, 1.807) is 6.92 Å². The Bertz CT molecular complexity index is 245. The zero-order valence-corrected chi connectivity index (χ0v) is 13.5. The van der Waals surface area contributed by atoms with Crippen LogP contribution in [0.5, 0.6) is 0 Å². The maximum Gasteiger partial charge on any atom is 0.308 e. The van der Waals surface area contributed by atoms with E-state index in [-0.39, 0.29) is 12.4 Å². The molecule has 2 N–H and O–H groups in total. The number of hydrogen-bond acceptors (Lipinski definition) is 5. The standard InChI is InChI=1S/C15H32N2O3/c1-5-17(6-2)10-8-9-13(4)16-12-14(18)11-15(19)20-7-3/h13-14,16,18H,5-12H2,1-4H3. The van der Waals surface area contributed by atoms with Gasteiger partial charge < -0.3 is 20.1 Å². The second-order valence-corrected chi connectivity index (χ2v) is 5.14. The van der Waals surface area contributed by atoms with Crippen molar-refractivity contribution >= 4 is 5.97 Å². The molecule has 0 aromatic heterocycles. The first-order valence-corrected chi connectivity index (χ1v) is 7.82. The molecule has 0 saturated carbocycles. The van der Waals surface area contributed by atoms with Crippen LogP contribution in [-0.4, -0.2) is 60.9 Å². The van der Waals surface area contributed by atoms with E-state index in [2.05, 4.69) is 31.0 Å². The molecule has 5 nitrogen and oxygen atoms in total. The third kappa shape index (κ3) is 10.2. The highest BCUT2D eigenvalue weighted by atomic mass is 16.5. The number of rotatable bonds is 12. The van der Waals surface area contributed by atoms with Gasteiger partial charge >= 0.3 is 5.97 Å². The third-order valence-corrected chi connectivity index (χ3v) is 3.42. The Morgan fingerprint density at radius 2 is 1.95 bits per heavy atom. The zero-order chi connectivity index (χ0) is 15.4. The number of nitrogens with one attached hydrogen (secondary N) is 1. The quantitative estimate of drug-likeness (QED) is 0.532. The van der Waals surface area contributed by atoms with E-state index in [0.717, 1.165) is 32.5 Å². The van der Waals surface area contributed by atoms with Gasteiger partial charge in [0.15, 0.2) is 0 Å². The Morgan fingerprint density at radius 3 is 2.50 bits per heavy atom. The second kappa shape index (κ2) is 12.1. The van der Waals surface area contributed by atoms with Crippen LogP contribution in [0.2, 0.25) is 0 Å². The van der Waals surface area contributed by atoms with E-state index < -0.39 is 6.10 Å². The molecule has 0 rings (SSSR count). The molecule has 0 spiro atoms. The Labute approximate surface area is 123 Å². The molecule has 0 heterocycles. The summed E-state index contributed by atoms with van der Waals surface area (Å²) < 4.78 is 4.80. The molecule has 0 radical (unpaired) electrons. The van der Waals surface area contributed by atoms with E-state index >= 15 is 0 Å². The molecule has 0 bridgehead atoms. The zero-order valence-electron chi connectivity index (χ0n) is 13.5. The molecule has 0 aromatic rings. The average molecular weight is 288 g/mol. The summed E-state index contributed by atoms with van der Waals surface area (Å²) in [7, 11) is 0. The van der Waals surface area contributed by atoms with Crippen LogP contribution in [0.4, 0.5) is 0 Å². The van der Waals surface area contributed by atoms with Crippen molar-refractivity contribution in [3.05, 3.63) is 0 Å². The van der Waals surface area contributed by atoms with Gasteiger partial charge in [-0.1, -0.05) is 13.8 Å². The number of carbonyl (C=O) groups excluding carboxylic acids is 1. The SMILES string of the molecule is CCOC(=O)CC(O)CNC(C)CCCN(CC)CC. The number of aliphatic hydroxyl groups is 1. The molecule has 0 fully saturated rings. The van der Waals surface area contributed by atoms with Crippen LogP contribution in [0.1, 0.15) is 47.0 Å². The number of aliphatic hydroxyl groups excluding tert-OH is 1. The smallest absolute Gasteiger partial charge is 0.308 e. The molecule has 0 aliphatic heterocycles. The molecule has 2 unspecified atom stereocenters. The van der Waals surface area contributed by atoms with E-state index in [1.807, 2.05) is 0 Å². The van der Waals surface area contributed by atoms with Gasteiger partial charge in [0.25, 0.3) is 0 Å². The summed E-state index contributed by atoms with van der Waals surface area (Å²) in [5, 5.41) is 13.0. The molecule has 0 aliphatic carbocycles. The molecule has 2 atom stereocenters. The second-order valence-electron chi connectivity index (χ2n) is 5.14. The fraction of sp³-hybridized carbons (Fsp3) is 0.933. The van der Waals surface area contributed by atoms with Gasteiger partial charge in [0, 0.05) is 12.6 Å². The summed E-state index contributed by atoms with van der Waals surface area (Å²) in [6, 6.07) is 0.349. The number of esters is 1. The average Bonchev–Trinajstić information content (AvgIpc) is 2.41. The van der Waals surface area contributed by atoms with Gasteiger partial charge in [-0.15, -0.1) is 0 Å². The lowest BCUT2D eigenvalue weighted by atomic mass is 10.1. The molecular weight excluding hydrogens is 256 g/mol. The van der Waals surface area contributed by atoms with Gasteiger partial charge in [-0.25, -0.2) is 0 Å². The minimum absolute atomic E-state index is 0.0625. The fourth-order valence-electron chi connectivity index (χ4n) is 2.08. The normalized spacial score (nSPS) is 14.3. The van der Waals surface area contributed by atoms with E-state index in [1.165, 1.54) is 0 Å². The van der Waals surface area contributed by atoms with Crippen molar-refractivity contribution in [3.8, 4) is 0 Å².